The molecule has 0 bridgehead atoms. The van der Waals surface area contributed by atoms with Gasteiger partial charge in [0.15, 0.2) is 0 Å². The van der Waals surface area contributed by atoms with Crippen LogP contribution in [0.15, 0.2) is 66.7 Å². The zero-order valence-electron chi connectivity index (χ0n) is 19.5. The summed E-state index contributed by atoms with van der Waals surface area (Å²) in [5.41, 5.74) is 5.05. The smallest absolute Gasteiger partial charge is 0.227 e. The van der Waals surface area contributed by atoms with Crippen LogP contribution >= 0.6 is 11.6 Å². The SMILES string of the molecule is Cc1cc(OCCCn2c(C3CC(=O)N(c4ccccc4)C3)nc3ccccc32)cc(C)c1Cl. The van der Waals surface area contributed by atoms with Crippen molar-refractivity contribution in [2.45, 2.75) is 39.2 Å². The highest BCUT2D eigenvalue weighted by Gasteiger charge is 2.34. The van der Waals surface area contributed by atoms with Crippen LogP contribution in [-0.2, 0) is 11.3 Å². The Morgan fingerprint density at radius 2 is 1.74 bits per heavy atom. The molecule has 1 aliphatic rings. The molecule has 6 heteroatoms. The van der Waals surface area contributed by atoms with Gasteiger partial charge in [-0.25, -0.2) is 4.98 Å². The third-order valence-corrected chi connectivity index (χ3v) is 7.04. The summed E-state index contributed by atoms with van der Waals surface area (Å²) in [6.07, 6.45) is 1.30. The Morgan fingerprint density at radius 1 is 1.03 bits per heavy atom. The lowest BCUT2D eigenvalue weighted by atomic mass is 10.1. The molecule has 1 saturated heterocycles. The van der Waals surface area contributed by atoms with E-state index in [0.29, 0.717) is 19.6 Å². The summed E-state index contributed by atoms with van der Waals surface area (Å²) in [4.78, 5) is 19.7. The molecule has 1 unspecified atom stereocenters. The number of hydrogen-bond donors (Lipinski definition) is 0. The van der Waals surface area contributed by atoms with E-state index < -0.39 is 0 Å². The molecule has 5 rings (SSSR count). The summed E-state index contributed by atoms with van der Waals surface area (Å²) in [5, 5.41) is 0.789. The van der Waals surface area contributed by atoms with Gasteiger partial charge in [-0.05, 0) is 67.8 Å². The van der Waals surface area contributed by atoms with Gasteiger partial charge in [0.1, 0.15) is 11.6 Å². The first-order chi connectivity index (χ1) is 16.5. The van der Waals surface area contributed by atoms with Gasteiger partial charge >= 0.3 is 0 Å². The number of carbonyl (C=O) groups is 1. The fourth-order valence-corrected chi connectivity index (χ4v) is 4.89. The van der Waals surface area contributed by atoms with Crippen molar-refractivity contribution in [2.24, 2.45) is 0 Å². The van der Waals surface area contributed by atoms with Crippen LogP contribution in [0, 0.1) is 13.8 Å². The second kappa shape index (κ2) is 9.51. The summed E-state index contributed by atoms with van der Waals surface area (Å²) >= 11 is 6.28. The molecule has 0 radical (unpaired) electrons. The van der Waals surface area contributed by atoms with Crippen LogP contribution in [0.2, 0.25) is 5.02 Å². The number of ether oxygens (including phenoxy) is 1. The van der Waals surface area contributed by atoms with Crippen molar-refractivity contribution in [3.63, 3.8) is 0 Å². The van der Waals surface area contributed by atoms with E-state index in [2.05, 4.69) is 10.6 Å². The molecule has 0 spiro atoms. The summed E-state index contributed by atoms with van der Waals surface area (Å²) < 4.78 is 8.30. The Balaban J connectivity index is 1.33. The zero-order chi connectivity index (χ0) is 23.7. The minimum absolute atomic E-state index is 0.0580. The fourth-order valence-electron chi connectivity index (χ4n) is 4.78. The molecule has 1 aromatic heterocycles. The Bertz CT molecular complexity index is 1310. The maximum absolute atomic E-state index is 12.8. The lowest BCUT2D eigenvalue weighted by Gasteiger charge is -2.17. The van der Waals surface area contributed by atoms with Crippen LogP contribution in [0.1, 0.15) is 35.7 Å². The maximum Gasteiger partial charge on any atom is 0.227 e. The van der Waals surface area contributed by atoms with Gasteiger partial charge in [-0.3, -0.25) is 4.79 Å². The number of para-hydroxylation sites is 3. The Hall–Kier alpha value is -3.31. The van der Waals surface area contributed by atoms with Crippen molar-refractivity contribution < 1.29 is 9.53 Å². The van der Waals surface area contributed by atoms with E-state index in [-0.39, 0.29) is 11.8 Å². The number of fused-ring (bicyclic) bond motifs is 1. The molecule has 1 atom stereocenters. The number of aryl methyl sites for hydroxylation is 3. The van der Waals surface area contributed by atoms with Crippen LogP contribution in [0.5, 0.6) is 5.75 Å². The van der Waals surface area contributed by atoms with E-state index in [1.54, 1.807) is 0 Å². The highest BCUT2D eigenvalue weighted by Crippen LogP contribution is 2.33. The lowest BCUT2D eigenvalue weighted by molar-refractivity contribution is -0.117. The summed E-state index contributed by atoms with van der Waals surface area (Å²) in [6, 6.07) is 22.0. The van der Waals surface area contributed by atoms with E-state index in [0.717, 1.165) is 57.4 Å². The quantitative estimate of drug-likeness (QED) is 0.296. The van der Waals surface area contributed by atoms with E-state index in [1.165, 1.54) is 0 Å². The number of carbonyl (C=O) groups excluding carboxylic acids is 1. The topological polar surface area (TPSA) is 47.4 Å². The number of imidazole rings is 1. The number of benzene rings is 3. The first kappa shape index (κ1) is 22.5. The van der Waals surface area contributed by atoms with Gasteiger partial charge in [0.05, 0.1) is 17.6 Å². The van der Waals surface area contributed by atoms with Crippen LogP contribution in [-0.4, -0.2) is 28.6 Å². The van der Waals surface area contributed by atoms with Gasteiger partial charge in [0, 0.05) is 36.1 Å². The summed E-state index contributed by atoms with van der Waals surface area (Å²) in [5.74, 6) is 2.02. The lowest BCUT2D eigenvalue weighted by Crippen LogP contribution is -2.24. The van der Waals surface area contributed by atoms with E-state index in [4.69, 9.17) is 21.3 Å². The second-order valence-electron chi connectivity index (χ2n) is 8.92. The van der Waals surface area contributed by atoms with E-state index >= 15 is 0 Å². The van der Waals surface area contributed by atoms with Crippen LogP contribution < -0.4 is 9.64 Å². The number of rotatable bonds is 7. The minimum Gasteiger partial charge on any atom is -0.494 e. The van der Waals surface area contributed by atoms with Crippen molar-refractivity contribution >= 4 is 34.2 Å². The van der Waals surface area contributed by atoms with Gasteiger partial charge in [-0.2, -0.15) is 0 Å². The van der Waals surface area contributed by atoms with Crippen molar-refractivity contribution in [3.8, 4) is 5.75 Å². The number of halogens is 1. The van der Waals surface area contributed by atoms with Gasteiger partial charge < -0.3 is 14.2 Å². The first-order valence-corrected chi connectivity index (χ1v) is 12.1. The van der Waals surface area contributed by atoms with Crippen molar-refractivity contribution in [3.05, 3.63) is 88.7 Å². The number of amides is 1. The fraction of sp³-hybridized carbons (Fsp3) is 0.286. The number of anilines is 1. The maximum atomic E-state index is 12.8. The zero-order valence-corrected chi connectivity index (χ0v) is 20.3. The third kappa shape index (κ3) is 4.40. The van der Waals surface area contributed by atoms with Crippen molar-refractivity contribution in [1.29, 1.82) is 0 Å². The molecule has 5 nitrogen and oxygen atoms in total. The Morgan fingerprint density at radius 3 is 2.50 bits per heavy atom. The molecular formula is C28H28ClN3O2. The van der Waals surface area contributed by atoms with Crippen LogP contribution in [0.4, 0.5) is 5.69 Å². The molecule has 0 saturated carbocycles. The van der Waals surface area contributed by atoms with Gasteiger partial charge in [0.2, 0.25) is 5.91 Å². The van der Waals surface area contributed by atoms with Crippen molar-refractivity contribution in [2.75, 3.05) is 18.1 Å². The third-order valence-electron chi connectivity index (χ3n) is 6.45. The van der Waals surface area contributed by atoms with Crippen LogP contribution in [0.25, 0.3) is 11.0 Å². The molecule has 3 aromatic carbocycles. The molecule has 34 heavy (non-hydrogen) atoms. The van der Waals surface area contributed by atoms with Crippen LogP contribution in [0.3, 0.4) is 0 Å². The molecule has 1 aliphatic heterocycles. The minimum atomic E-state index is 0.0580. The summed E-state index contributed by atoms with van der Waals surface area (Å²) in [6.45, 7) is 6.00. The molecule has 0 aliphatic carbocycles. The monoisotopic (exact) mass is 473 g/mol. The van der Waals surface area contributed by atoms with E-state index in [1.807, 2.05) is 79.4 Å². The molecular weight excluding hydrogens is 446 g/mol. The molecule has 174 valence electrons. The first-order valence-electron chi connectivity index (χ1n) is 11.7. The molecule has 0 N–H and O–H groups in total. The average molecular weight is 474 g/mol. The number of aromatic nitrogens is 2. The Labute approximate surface area is 204 Å². The highest BCUT2D eigenvalue weighted by atomic mass is 35.5. The van der Waals surface area contributed by atoms with Gasteiger partial charge in [-0.15, -0.1) is 0 Å². The standard InChI is InChI=1S/C28H28ClN3O2/c1-19-15-23(16-20(2)27(19)29)34-14-8-13-31-25-12-7-6-11-24(25)30-28(31)21-17-26(33)32(18-21)22-9-4-3-5-10-22/h3-7,9-12,15-16,21H,8,13-14,17-18H2,1-2H3. The average Bonchev–Trinajstić information content (AvgIpc) is 3.41. The van der Waals surface area contributed by atoms with Crippen molar-refractivity contribution in [1.82, 2.24) is 9.55 Å². The Kier molecular flexibility index (Phi) is 6.29. The largest absolute Gasteiger partial charge is 0.494 e. The van der Waals surface area contributed by atoms with Gasteiger partial charge in [0.25, 0.3) is 0 Å². The predicted molar refractivity (Wildman–Crippen MR) is 137 cm³/mol. The predicted octanol–water partition coefficient (Wildman–Crippen LogP) is 6.30. The molecule has 4 aromatic rings. The number of hydrogen-bond acceptors (Lipinski definition) is 3. The highest BCUT2D eigenvalue weighted by molar-refractivity contribution is 6.32. The normalized spacial score (nSPS) is 15.9. The summed E-state index contributed by atoms with van der Waals surface area (Å²) in [7, 11) is 0. The molecule has 2 heterocycles. The van der Waals surface area contributed by atoms with Gasteiger partial charge in [-0.1, -0.05) is 41.9 Å². The van der Waals surface area contributed by atoms with E-state index in [9.17, 15) is 4.79 Å². The number of nitrogens with zero attached hydrogens (tertiary/aromatic N) is 3. The second-order valence-corrected chi connectivity index (χ2v) is 9.30. The molecule has 1 amide bonds. The molecule has 1 fully saturated rings.